The molecule has 30 heavy (non-hydrogen) atoms. The van der Waals surface area contributed by atoms with Gasteiger partial charge in [0.25, 0.3) is 0 Å². The van der Waals surface area contributed by atoms with Gasteiger partial charge in [-0.2, -0.15) is 0 Å². The summed E-state index contributed by atoms with van der Waals surface area (Å²) in [4.78, 5) is 25.9. The van der Waals surface area contributed by atoms with Crippen molar-refractivity contribution in [1.82, 2.24) is 0 Å². The van der Waals surface area contributed by atoms with Crippen LogP contribution in [-0.2, 0) is 19.1 Å². The van der Waals surface area contributed by atoms with Crippen LogP contribution in [0.4, 0.5) is 0 Å². The first-order valence-electron chi connectivity index (χ1n) is 12.7. The predicted octanol–water partition coefficient (Wildman–Crippen LogP) is 7.30. The van der Waals surface area contributed by atoms with Crippen LogP contribution in [0.1, 0.15) is 124 Å². The van der Waals surface area contributed by atoms with Crippen molar-refractivity contribution in [3.05, 3.63) is 11.1 Å². The summed E-state index contributed by atoms with van der Waals surface area (Å²) < 4.78 is 11.0. The van der Waals surface area contributed by atoms with Crippen molar-refractivity contribution in [2.75, 3.05) is 13.2 Å². The molecule has 1 aliphatic carbocycles. The third-order valence-corrected chi connectivity index (χ3v) is 5.96. The molecule has 0 aliphatic heterocycles. The molecule has 1 fully saturated rings. The summed E-state index contributed by atoms with van der Waals surface area (Å²) in [5, 5.41) is 0. The SMILES string of the molecule is CCCCCCCCCC/C(C(=O)OCCC)=C(/C(=O)OCCC)C1CCCCC1. The normalized spacial score (nSPS) is 15.6. The van der Waals surface area contributed by atoms with Crippen LogP contribution in [-0.4, -0.2) is 25.2 Å². The van der Waals surface area contributed by atoms with Gasteiger partial charge in [-0.15, -0.1) is 0 Å². The number of esters is 2. The summed E-state index contributed by atoms with van der Waals surface area (Å²) in [6.45, 7) is 7.04. The number of hydrogen-bond acceptors (Lipinski definition) is 4. The molecule has 0 spiro atoms. The van der Waals surface area contributed by atoms with E-state index >= 15 is 0 Å². The van der Waals surface area contributed by atoms with Gasteiger partial charge in [-0.1, -0.05) is 85.0 Å². The van der Waals surface area contributed by atoms with E-state index in [9.17, 15) is 9.59 Å². The van der Waals surface area contributed by atoms with Crippen molar-refractivity contribution in [3.8, 4) is 0 Å². The molecule has 0 heterocycles. The van der Waals surface area contributed by atoms with Crippen LogP contribution in [0.2, 0.25) is 0 Å². The Bertz CT molecular complexity index is 503. The van der Waals surface area contributed by atoms with Crippen molar-refractivity contribution in [2.45, 2.75) is 124 Å². The monoisotopic (exact) mass is 422 g/mol. The van der Waals surface area contributed by atoms with Gasteiger partial charge in [0.1, 0.15) is 0 Å². The molecule has 0 N–H and O–H groups in total. The number of hydrogen-bond donors (Lipinski definition) is 0. The Kier molecular flexibility index (Phi) is 15.5. The Labute approximate surface area is 185 Å². The van der Waals surface area contributed by atoms with Crippen LogP contribution in [0.25, 0.3) is 0 Å². The zero-order chi connectivity index (χ0) is 22.0. The Morgan fingerprint density at radius 1 is 0.667 bits per heavy atom. The van der Waals surface area contributed by atoms with Gasteiger partial charge in [0, 0.05) is 5.57 Å². The number of carbonyl (C=O) groups is 2. The maximum absolute atomic E-state index is 13.0. The second kappa shape index (κ2) is 17.4. The fraction of sp³-hybridized carbons (Fsp3) is 0.846. The minimum Gasteiger partial charge on any atom is -0.462 e. The van der Waals surface area contributed by atoms with E-state index in [-0.39, 0.29) is 17.9 Å². The lowest BCUT2D eigenvalue weighted by molar-refractivity contribution is -0.143. The van der Waals surface area contributed by atoms with Crippen molar-refractivity contribution in [2.24, 2.45) is 5.92 Å². The molecule has 0 amide bonds. The highest BCUT2D eigenvalue weighted by Gasteiger charge is 2.30. The highest BCUT2D eigenvalue weighted by molar-refractivity contribution is 6.00. The smallest absolute Gasteiger partial charge is 0.334 e. The molecule has 1 saturated carbocycles. The van der Waals surface area contributed by atoms with E-state index in [0.717, 1.165) is 51.4 Å². The van der Waals surface area contributed by atoms with E-state index in [4.69, 9.17) is 9.47 Å². The lowest BCUT2D eigenvalue weighted by Gasteiger charge is -2.25. The molecular weight excluding hydrogens is 376 g/mol. The van der Waals surface area contributed by atoms with E-state index in [1.54, 1.807) is 0 Å². The third-order valence-electron chi connectivity index (χ3n) is 5.96. The van der Waals surface area contributed by atoms with Gasteiger partial charge in [0.15, 0.2) is 0 Å². The summed E-state index contributed by atoms with van der Waals surface area (Å²) in [5.41, 5.74) is 1.23. The quantitative estimate of drug-likeness (QED) is 0.149. The largest absolute Gasteiger partial charge is 0.462 e. The summed E-state index contributed by atoms with van der Waals surface area (Å²) in [7, 11) is 0. The molecule has 4 nitrogen and oxygen atoms in total. The average Bonchev–Trinajstić information content (AvgIpc) is 2.77. The van der Waals surface area contributed by atoms with Gasteiger partial charge in [0.05, 0.1) is 18.8 Å². The number of rotatable bonds is 16. The molecule has 0 radical (unpaired) electrons. The van der Waals surface area contributed by atoms with Crippen molar-refractivity contribution < 1.29 is 19.1 Å². The Morgan fingerprint density at radius 2 is 1.20 bits per heavy atom. The Morgan fingerprint density at radius 3 is 1.77 bits per heavy atom. The lowest BCUT2D eigenvalue weighted by atomic mass is 9.80. The minimum atomic E-state index is -0.297. The molecule has 0 aromatic carbocycles. The predicted molar refractivity (Wildman–Crippen MR) is 123 cm³/mol. The summed E-state index contributed by atoms with van der Waals surface area (Å²) in [5.74, 6) is -0.443. The van der Waals surface area contributed by atoms with Gasteiger partial charge in [0.2, 0.25) is 0 Å². The number of carbonyl (C=O) groups excluding carboxylic acids is 2. The summed E-state index contributed by atoms with van der Waals surface area (Å²) in [6, 6.07) is 0. The molecule has 1 rings (SSSR count). The molecule has 0 bridgehead atoms. The van der Waals surface area contributed by atoms with Gasteiger partial charge in [-0.25, -0.2) is 9.59 Å². The standard InChI is InChI=1S/C26H46O4/c1-4-7-8-9-10-11-12-16-19-23(25(27)29-20-5-2)24(26(28)30-21-6-3)22-17-14-13-15-18-22/h22H,4-21H2,1-3H3/b24-23-. The zero-order valence-electron chi connectivity index (χ0n) is 19.9. The Balaban J connectivity index is 2.86. The van der Waals surface area contributed by atoms with Crippen LogP contribution < -0.4 is 0 Å². The van der Waals surface area contributed by atoms with Crippen LogP contribution in [0.5, 0.6) is 0 Å². The number of unbranched alkanes of at least 4 members (excludes halogenated alkanes) is 7. The van der Waals surface area contributed by atoms with Crippen molar-refractivity contribution in [3.63, 3.8) is 0 Å². The summed E-state index contributed by atoms with van der Waals surface area (Å²) >= 11 is 0. The summed E-state index contributed by atoms with van der Waals surface area (Å²) in [6.07, 6.45) is 17.3. The highest BCUT2D eigenvalue weighted by Crippen LogP contribution is 2.34. The average molecular weight is 423 g/mol. The van der Waals surface area contributed by atoms with Gasteiger partial charge < -0.3 is 9.47 Å². The van der Waals surface area contributed by atoms with Gasteiger partial charge in [-0.05, 0) is 44.4 Å². The third kappa shape index (κ3) is 10.6. The molecule has 0 unspecified atom stereocenters. The van der Waals surface area contributed by atoms with Crippen molar-refractivity contribution >= 4 is 11.9 Å². The van der Waals surface area contributed by atoms with Gasteiger partial charge in [-0.3, -0.25) is 0 Å². The van der Waals surface area contributed by atoms with E-state index in [2.05, 4.69) is 6.92 Å². The maximum atomic E-state index is 13.0. The fourth-order valence-corrected chi connectivity index (χ4v) is 4.26. The first-order chi connectivity index (χ1) is 14.7. The number of ether oxygens (including phenoxy) is 2. The molecule has 174 valence electrons. The first kappa shape index (κ1) is 26.7. The zero-order valence-corrected chi connectivity index (χ0v) is 19.9. The van der Waals surface area contributed by atoms with Crippen LogP contribution in [0, 0.1) is 5.92 Å². The Hall–Kier alpha value is -1.32. The van der Waals surface area contributed by atoms with Crippen LogP contribution >= 0.6 is 0 Å². The molecular formula is C26H46O4. The fourth-order valence-electron chi connectivity index (χ4n) is 4.26. The highest BCUT2D eigenvalue weighted by atomic mass is 16.5. The molecule has 0 aromatic heterocycles. The molecule has 0 aromatic rings. The molecule has 0 saturated heterocycles. The van der Waals surface area contributed by atoms with E-state index < -0.39 is 0 Å². The first-order valence-corrected chi connectivity index (χ1v) is 12.7. The minimum absolute atomic E-state index is 0.140. The molecule has 4 heteroatoms. The van der Waals surface area contributed by atoms with Crippen LogP contribution in [0.15, 0.2) is 11.1 Å². The lowest BCUT2D eigenvalue weighted by Crippen LogP contribution is -2.24. The van der Waals surface area contributed by atoms with Gasteiger partial charge >= 0.3 is 11.9 Å². The van der Waals surface area contributed by atoms with E-state index in [1.807, 2.05) is 13.8 Å². The van der Waals surface area contributed by atoms with E-state index in [0.29, 0.717) is 30.8 Å². The van der Waals surface area contributed by atoms with Crippen molar-refractivity contribution in [1.29, 1.82) is 0 Å². The second-order valence-electron chi connectivity index (χ2n) is 8.72. The van der Waals surface area contributed by atoms with Crippen LogP contribution in [0.3, 0.4) is 0 Å². The molecule has 0 atom stereocenters. The molecule has 1 aliphatic rings. The second-order valence-corrected chi connectivity index (χ2v) is 8.72. The van der Waals surface area contributed by atoms with E-state index in [1.165, 1.54) is 44.9 Å². The topological polar surface area (TPSA) is 52.6 Å². The maximum Gasteiger partial charge on any atom is 0.334 e.